The first-order valence-electron chi connectivity index (χ1n) is 6.07. The Morgan fingerprint density at radius 3 is 2.94 bits per heavy atom. The van der Waals surface area contributed by atoms with Crippen LogP contribution in [0, 0.1) is 5.92 Å². The molecule has 1 saturated carbocycles. The van der Waals surface area contributed by atoms with Crippen molar-refractivity contribution in [3.8, 4) is 5.75 Å². The first-order chi connectivity index (χ1) is 8.17. The first kappa shape index (κ1) is 12.1. The highest BCUT2D eigenvalue weighted by molar-refractivity contribution is 5.98. The number of aromatic nitrogens is 2. The molecule has 2 rings (SSSR count). The van der Waals surface area contributed by atoms with Gasteiger partial charge in [-0.25, -0.2) is 0 Å². The largest absolute Gasteiger partial charge is 0.493 e. The van der Waals surface area contributed by atoms with Crippen LogP contribution in [-0.4, -0.2) is 28.7 Å². The third-order valence-electron chi connectivity index (χ3n) is 3.40. The molecule has 94 valence electrons. The number of nitrogens with two attached hydrogens (primary N) is 1. The molecule has 0 saturated heterocycles. The Hall–Kier alpha value is -1.36. The van der Waals surface area contributed by atoms with Crippen molar-refractivity contribution in [2.45, 2.75) is 38.8 Å². The predicted octanol–water partition coefficient (Wildman–Crippen LogP) is 1.22. The van der Waals surface area contributed by atoms with Gasteiger partial charge in [0.2, 0.25) is 0 Å². The molecule has 2 N–H and O–H groups in total. The van der Waals surface area contributed by atoms with E-state index in [2.05, 4.69) is 5.10 Å². The molecule has 17 heavy (non-hydrogen) atoms. The van der Waals surface area contributed by atoms with Crippen molar-refractivity contribution in [2.24, 2.45) is 11.7 Å². The summed E-state index contributed by atoms with van der Waals surface area (Å²) in [6, 6.07) is 0.160. The zero-order chi connectivity index (χ0) is 12.4. The van der Waals surface area contributed by atoms with Crippen LogP contribution in [0.4, 0.5) is 0 Å². The fourth-order valence-corrected chi connectivity index (χ4v) is 2.45. The number of carbonyl (C=O) groups is 1. The Morgan fingerprint density at radius 2 is 2.41 bits per heavy atom. The van der Waals surface area contributed by atoms with E-state index in [1.165, 1.54) is 0 Å². The van der Waals surface area contributed by atoms with Gasteiger partial charge in [-0.05, 0) is 26.2 Å². The van der Waals surface area contributed by atoms with Crippen molar-refractivity contribution in [1.82, 2.24) is 9.78 Å². The Kier molecular flexibility index (Phi) is 3.47. The van der Waals surface area contributed by atoms with Crippen molar-refractivity contribution in [3.05, 3.63) is 11.9 Å². The molecule has 0 radical (unpaired) electrons. The fraction of sp³-hybridized carbons (Fsp3) is 0.667. The van der Waals surface area contributed by atoms with Gasteiger partial charge in [0.25, 0.3) is 0 Å². The summed E-state index contributed by atoms with van der Waals surface area (Å²) in [5.74, 6) is 0.715. The highest BCUT2D eigenvalue weighted by Crippen LogP contribution is 2.30. The number of ketones is 1. The molecule has 0 aromatic carbocycles. The van der Waals surface area contributed by atoms with Gasteiger partial charge in [0.1, 0.15) is 5.69 Å². The van der Waals surface area contributed by atoms with Gasteiger partial charge in [0.05, 0.1) is 13.3 Å². The second-order valence-corrected chi connectivity index (χ2v) is 4.51. The maximum Gasteiger partial charge on any atom is 0.187 e. The van der Waals surface area contributed by atoms with Gasteiger partial charge in [-0.1, -0.05) is 0 Å². The Balaban J connectivity index is 2.26. The molecule has 0 aliphatic heterocycles. The van der Waals surface area contributed by atoms with E-state index >= 15 is 0 Å². The van der Waals surface area contributed by atoms with Crippen LogP contribution in [0.1, 0.15) is 36.7 Å². The van der Waals surface area contributed by atoms with Crippen LogP contribution >= 0.6 is 0 Å². The summed E-state index contributed by atoms with van der Waals surface area (Å²) in [4.78, 5) is 12.4. The molecule has 0 bridgehead atoms. The summed E-state index contributed by atoms with van der Waals surface area (Å²) in [6.45, 7) is 2.63. The first-order valence-corrected chi connectivity index (χ1v) is 6.07. The van der Waals surface area contributed by atoms with Crippen LogP contribution in [0.25, 0.3) is 0 Å². The molecule has 1 fully saturated rings. The average molecular weight is 237 g/mol. The zero-order valence-corrected chi connectivity index (χ0v) is 10.3. The molecule has 2 unspecified atom stereocenters. The molecule has 0 spiro atoms. The molecule has 5 nitrogen and oxygen atoms in total. The number of hydrogen-bond acceptors (Lipinski definition) is 4. The monoisotopic (exact) mass is 237 g/mol. The maximum absolute atomic E-state index is 12.4. The predicted molar refractivity (Wildman–Crippen MR) is 64.1 cm³/mol. The van der Waals surface area contributed by atoms with Crippen molar-refractivity contribution in [3.63, 3.8) is 0 Å². The third kappa shape index (κ3) is 2.20. The van der Waals surface area contributed by atoms with Crippen molar-refractivity contribution in [1.29, 1.82) is 0 Å². The smallest absolute Gasteiger partial charge is 0.187 e. The molecular weight excluding hydrogens is 218 g/mol. The van der Waals surface area contributed by atoms with Crippen LogP contribution in [0.5, 0.6) is 5.75 Å². The maximum atomic E-state index is 12.4. The van der Waals surface area contributed by atoms with Crippen LogP contribution in [0.15, 0.2) is 6.20 Å². The Bertz CT molecular complexity index is 392. The lowest BCUT2D eigenvalue weighted by molar-refractivity contribution is 0.0907. The molecular formula is C12H19N3O2. The summed E-state index contributed by atoms with van der Waals surface area (Å²) >= 11 is 0. The second kappa shape index (κ2) is 4.87. The van der Waals surface area contributed by atoms with E-state index in [-0.39, 0.29) is 17.7 Å². The van der Waals surface area contributed by atoms with Crippen molar-refractivity contribution >= 4 is 5.78 Å². The molecule has 1 aromatic heterocycles. The minimum atomic E-state index is 0.0286. The van der Waals surface area contributed by atoms with E-state index in [0.29, 0.717) is 18.0 Å². The summed E-state index contributed by atoms with van der Waals surface area (Å²) in [7, 11) is 1.56. The van der Waals surface area contributed by atoms with Gasteiger partial charge in [0, 0.05) is 18.5 Å². The minimum absolute atomic E-state index is 0.0286. The van der Waals surface area contributed by atoms with Gasteiger partial charge in [-0.2, -0.15) is 5.10 Å². The molecule has 5 heteroatoms. The highest BCUT2D eigenvalue weighted by Gasteiger charge is 2.32. The van der Waals surface area contributed by atoms with Crippen LogP contribution in [0.2, 0.25) is 0 Å². The Morgan fingerprint density at radius 1 is 1.65 bits per heavy atom. The van der Waals surface area contributed by atoms with Gasteiger partial charge < -0.3 is 10.5 Å². The zero-order valence-electron chi connectivity index (χ0n) is 10.3. The summed E-state index contributed by atoms with van der Waals surface area (Å²) in [6.07, 6.45) is 4.18. The number of nitrogens with zero attached hydrogens (tertiary/aromatic N) is 2. The molecule has 1 aliphatic carbocycles. The van der Waals surface area contributed by atoms with E-state index in [0.717, 1.165) is 19.3 Å². The topological polar surface area (TPSA) is 70.1 Å². The number of aryl methyl sites for hydroxylation is 1. The fourth-order valence-electron chi connectivity index (χ4n) is 2.45. The van der Waals surface area contributed by atoms with E-state index < -0.39 is 0 Å². The Labute approximate surface area is 101 Å². The van der Waals surface area contributed by atoms with Gasteiger partial charge in [-0.15, -0.1) is 0 Å². The van der Waals surface area contributed by atoms with E-state index in [1.54, 1.807) is 18.0 Å². The van der Waals surface area contributed by atoms with Crippen LogP contribution in [0.3, 0.4) is 0 Å². The number of rotatable bonds is 4. The molecule has 1 aromatic rings. The normalized spacial score (nSPS) is 23.9. The van der Waals surface area contributed by atoms with Crippen molar-refractivity contribution < 1.29 is 9.53 Å². The number of methoxy groups -OCH3 is 1. The van der Waals surface area contributed by atoms with E-state index in [4.69, 9.17) is 10.5 Å². The number of ether oxygens (including phenoxy) is 1. The molecule has 0 amide bonds. The number of carbonyl (C=O) groups excluding carboxylic acids is 1. The molecule has 1 aliphatic rings. The van der Waals surface area contributed by atoms with Gasteiger partial charge in [-0.3, -0.25) is 9.48 Å². The minimum Gasteiger partial charge on any atom is -0.493 e. The summed E-state index contributed by atoms with van der Waals surface area (Å²) < 4.78 is 6.90. The lowest BCUT2D eigenvalue weighted by Gasteiger charge is -2.11. The van der Waals surface area contributed by atoms with E-state index in [9.17, 15) is 4.79 Å². The SMILES string of the molecule is CCn1ncc(OC)c1C(=O)C1CCC(N)C1. The van der Waals surface area contributed by atoms with Crippen LogP contribution in [-0.2, 0) is 6.54 Å². The van der Waals surface area contributed by atoms with Gasteiger partial charge >= 0.3 is 0 Å². The standard InChI is InChI=1S/C12H19N3O2/c1-3-15-11(10(17-2)7-14-15)12(16)8-4-5-9(13)6-8/h7-9H,3-6,13H2,1-2H3. The molecule has 2 atom stereocenters. The quantitative estimate of drug-likeness (QED) is 0.799. The van der Waals surface area contributed by atoms with Gasteiger partial charge in [0.15, 0.2) is 11.5 Å². The average Bonchev–Trinajstić information content (AvgIpc) is 2.93. The summed E-state index contributed by atoms with van der Waals surface area (Å²) in [5, 5.41) is 4.16. The third-order valence-corrected chi connectivity index (χ3v) is 3.40. The summed E-state index contributed by atoms with van der Waals surface area (Å²) in [5.41, 5.74) is 6.44. The van der Waals surface area contributed by atoms with Crippen molar-refractivity contribution in [2.75, 3.05) is 7.11 Å². The molecule has 1 heterocycles. The lowest BCUT2D eigenvalue weighted by Crippen LogP contribution is -2.20. The lowest BCUT2D eigenvalue weighted by atomic mass is 9.99. The second-order valence-electron chi connectivity index (χ2n) is 4.51. The van der Waals surface area contributed by atoms with Crippen LogP contribution < -0.4 is 10.5 Å². The number of hydrogen-bond donors (Lipinski definition) is 1. The van der Waals surface area contributed by atoms with E-state index in [1.807, 2.05) is 6.92 Å². The number of Topliss-reactive ketones (excluding diaryl/α,β-unsaturated/α-hetero) is 1. The highest BCUT2D eigenvalue weighted by atomic mass is 16.5.